The Hall–Kier alpha value is -2.77. The second-order valence-electron chi connectivity index (χ2n) is 7.09. The monoisotopic (exact) mass is 410 g/mol. The predicted molar refractivity (Wildman–Crippen MR) is 113 cm³/mol. The van der Waals surface area contributed by atoms with Crippen molar-refractivity contribution < 1.29 is 4.79 Å². The summed E-state index contributed by atoms with van der Waals surface area (Å²) in [5, 5.41) is 5.05. The molecule has 1 saturated heterocycles. The highest BCUT2D eigenvalue weighted by Crippen LogP contribution is 2.21. The van der Waals surface area contributed by atoms with Gasteiger partial charge in [0.15, 0.2) is 5.78 Å². The molecule has 0 amide bonds. The Balaban J connectivity index is 1.31. The summed E-state index contributed by atoms with van der Waals surface area (Å²) in [4.78, 5) is 25.8. The molecular weight excluding hydrogens is 388 g/mol. The van der Waals surface area contributed by atoms with Gasteiger partial charge in [0.25, 0.3) is 5.95 Å². The second kappa shape index (κ2) is 8.71. The summed E-state index contributed by atoms with van der Waals surface area (Å²) < 4.78 is 1.61. The summed E-state index contributed by atoms with van der Waals surface area (Å²) in [6.45, 7) is 6.33. The minimum Gasteiger partial charge on any atom is -0.369 e. The van der Waals surface area contributed by atoms with Crippen LogP contribution in [0.1, 0.15) is 22.5 Å². The lowest BCUT2D eigenvalue weighted by molar-refractivity contribution is 0.0962. The third-order valence-corrected chi connectivity index (χ3v) is 5.49. The van der Waals surface area contributed by atoms with Crippen LogP contribution in [0.3, 0.4) is 0 Å². The van der Waals surface area contributed by atoms with E-state index >= 15 is 0 Å². The highest BCUT2D eigenvalue weighted by molar-refractivity contribution is 6.30. The molecule has 7 nitrogen and oxygen atoms in total. The zero-order valence-corrected chi connectivity index (χ0v) is 17.1. The van der Waals surface area contributed by atoms with E-state index in [4.69, 9.17) is 11.6 Å². The molecular formula is C21H23ClN6O. The van der Waals surface area contributed by atoms with Gasteiger partial charge in [0.05, 0.1) is 17.5 Å². The van der Waals surface area contributed by atoms with E-state index in [0.717, 1.165) is 49.1 Å². The van der Waals surface area contributed by atoms with Crippen molar-refractivity contribution in [3.8, 4) is 5.95 Å². The zero-order chi connectivity index (χ0) is 20.2. The molecule has 150 valence electrons. The van der Waals surface area contributed by atoms with E-state index in [1.54, 1.807) is 29.3 Å². The SMILES string of the molecule is Cc1c(C(=O)CCN2CCN(c3cccc(Cl)c3)CC2)cnn1-c1ncccn1. The molecule has 0 spiro atoms. The number of benzene rings is 1. The van der Waals surface area contributed by atoms with Gasteiger partial charge >= 0.3 is 0 Å². The number of rotatable bonds is 6. The smallest absolute Gasteiger partial charge is 0.250 e. The molecule has 29 heavy (non-hydrogen) atoms. The van der Waals surface area contributed by atoms with Crippen molar-refractivity contribution in [3.63, 3.8) is 0 Å². The Kier molecular flexibility index (Phi) is 5.87. The third kappa shape index (κ3) is 4.46. The van der Waals surface area contributed by atoms with Gasteiger partial charge in [-0.05, 0) is 31.2 Å². The number of aromatic nitrogens is 4. The first kappa shape index (κ1) is 19.5. The largest absolute Gasteiger partial charge is 0.369 e. The van der Waals surface area contributed by atoms with Crippen LogP contribution < -0.4 is 4.90 Å². The number of anilines is 1. The number of hydrogen-bond acceptors (Lipinski definition) is 6. The van der Waals surface area contributed by atoms with Crippen molar-refractivity contribution in [3.05, 3.63) is 65.2 Å². The number of ketones is 1. The summed E-state index contributed by atoms with van der Waals surface area (Å²) in [6, 6.07) is 9.70. The number of carbonyl (C=O) groups excluding carboxylic acids is 1. The number of hydrogen-bond donors (Lipinski definition) is 0. The van der Waals surface area contributed by atoms with Gasteiger partial charge in [-0.2, -0.15) is 5.10 Å². The first-order chi connectivity index (χ1) is 14.1. The van der Waals surface area contributed by atoms with Gasteiger partial charge in [0.2, 0.25) is 0 Å². The first-order valence-electron chi connectivity index (χ1n) is 9.70. The maximum absolute atomic E-state index is 12.7. The summed E-state index contributed by atoms with van der Waals surface area (Å²) in [5.74, 6) is 0.572. The number of piperazine rings is 1. The summed E-state index contributed by atoms with van der Waals surface area (Å²) in [6.07, 6.45) is 5.41. The molecule has 1 aliphatic heterocycles. The van der Waals surface area contributed by atoms with Gasteiger partial charge < -0.3 is 4.90 Å². The van der Waals surface area contributed by atoms with Crippen molar-refractivity contribution in [2.24, 2.45) is 0 Å². The molecule has 8 heteroatoms. The van der Waals surface area contributed by atoms with Crippen molar-refractivity contribution in [2.75, 3.05) is 37.6 Å². The molecule has 0 N–H and O–H groups in total. The molecule has 3 aromatic rings. The Morgan fingerprint density at radius 2 is 1.86 bits per heavy atom. The summed E-state index contributed by atoms with van der Waals surface area (Å²) in [7, 11) is 0. The van der Waals surface area contributed by atoms with E-state index in [2.05, 4.69) is 30.9 Å². The maximum atomic E-state index is 12.7. The highest BCUT2D eigenvalue weighted by atomic mass is 35.5. The van der Waals surface area contributed by atoms with E-state index in [1.807, 2.05) is 25.1 Å². The Labute approximate surface area is 174 Å². The van der Waals surface area contributed by atoms with Crippen LogP contribution >= 0.6 is 11.6 Å². The van der Waals surface area contributed by atoms with Crippen LogP contribution in [0.4, 0.5) is 5.69 Å². The number of nitrogens with zero attached hydrogens (tertiary/aromatic N) is 6. The Bertz CT molecular complexity index is 982. The van der Waals surface area contributed by atoms with Crippen LogP contribution in [-0.2, 0) is 0 Å². The van der Waals surface area contributed by atoms with Crippen LogP contribution in [0, 0.1) is 6.92 Å². The minimum atomic E-state index is 0.0990. The molecule has 3 heterocycles. The standard InChI is InChI=1S/C21H23ClN6O/c1-16-19(15-25-28(16)21-23-7-3-8-24-21)20(29)6-9-26-10-12-27(13-11-26)18-5-2-4-17(22)14-18/h2-5,7-8,14-15H,6,9-13H2,1H3. The fraction of sp³-hybridized carbons (Fsp3) is 0.333. The average molecular weight is 411 g/mol. The molecule has 0 saturated carbocycles. The molecule has 0 atom stereocenters. The fourth-order valence-electron chi connectivity index (χ4n) is 3.58. The van der Waals surface area contributed by atoms with Crippen molar-refractivity contribution >= 4 is 23.1 Å². The molecule has 1 fully saturated rings. The highest BCUT2D eigenvalue weighted by Gasteiger charge is 2.20. The molecule has 1 aromatic carbocycles. The van der Waals surface area contributed by atoms with Crippen LogP contribution in [0.2, 0.25) is 5.02 Å². The van der Waals surface area contributed by atoms with E-state index in [0.29, 0.717) is 17.9 Å². The van der Waals surface area contributed by atoms with Gasteiger partial charge in [0.1, 0.15) is 0 Å². The van der Waals surface area contributed by atoms with Crippen LogP contribution in [0.15, 0.2) is 48.9 Å². The second-order valence-corrected chi connectivity index (χ2v) is 7.52. The minimum absolute atomic E-state index is 0.0990. The van der Waals surface area contributed by atoms with Gasteiger partial charge in [-0.1, -0.05) is 17.7 Å². The lowest BCUT2D eigenvalue weighted by atomic mass is 10.1. The molecule has 0 unspecified atom stereocenters. The van der Waals surface area contributed by atoms with E-state index in [-0.39, 0.29) is 5.78 Å². The van der Waals surface area contributed by atoms with E-state index < -0.39 is 0 Å². The number of halogens is 1. The van der Waals surface area contributed by atoms with Crippen molar-refractivity contribution in [1.29, 1.82) is 0 Å². The van der Waals surface area contributed by atoms with Crippen molar-refractivity contribution in [2.45, 2.75) is 13.3 Å². The van der Waals surface area contributed by atoms with Gasteiger partial charge in [-0.15, -0.1) is 0 Å². The molecule has 0 aliphatic carbocycles. The lowest BCUT2D eigenvalue weighted by Crippen LogP contribution is -2.46. The third-order valence-electron chi connectivity index (χ3n) is 5.25. The van der Waals surface area contributed by atoms with Crippen LogP contribution in [0.5, 0.6) is 0 Å². The predicted octanol–water partition coefficient (Wildman–Crippen LogP) is 3.02. The Morgan fingerprint density at radius 3 is 2.59 bits per heavy atom. The number of carbonyl (C=O) groups is 1. The lowest BCUT2D eigenvalue weighted by Gasteiger charge is -2.36. The quantitative estimate of drug-likeness (QED) is 0.582. The fourth-order valence-corrected chi connectivity index (χ4v) is 3.77. The van der Waals surface area contributed by atoms with E-state index in [1.165, 1.54) is 0 Å². The first-order valence-corrected chi connectivity index (χ1v) is 10.1. The van der Waals surface area contributed by atoms with Gasteiger partial charge in [-0.3, -0.25) is 9.69 Å². The van der Waals surface area contributed by atoms with Gasteiger partial charge in [-0.25, -0.2) is 14.6 Å². The zero-order valence-electron chi connectivity index (χ0n) is 16.3. The van der Waals surface area contributed by atoms with Crippen LogP contribution in [-0.4, -0.2) is 63.2 Å². The topological polar surface area (TPSA) is 67.2 Å². The maximum Gasteiger partial charge on any atom is 0.250 e. The van der Waals surface area contributed by atoms with Gasteiger partial charge in [0, 0.05) is 62.2 Å². The molecule has 2 aromatic heterocycles. The molecule has 4 rings (SSSR count). The summed E-state index contributed by atoms with van der Waals surface area (Å²) >= 11 is 6.10. The Morgan fingerprint density at radius 1 is 1.10 bits per heavy atom. The van der Waals surface area contributed by atoms with Crippen molar-refractivity contribution in [1.82, 2.24) is 24.6 Å². The van der Waals surface area contributed by atoms with E-state index in [9.17, 15) is 4.79 Å². The molecule has 0 radical (unpaired) electrons. The average Bonchev–Trinajstić information content (AvgIpc) is 3.14. The molecule has 0 bridgehead atoms. The summed E-state index contributed by atoms with van der Waals surface area (Å²) in [5.41, 5.74) is 2.56. The normalized spacial score (nSPS) is 14.9. The molecule has 1 aliphatic rings. The van der Waals surface area contributed by atoms with Crippen LogP contribution in [0.25, 0.3) is 5.95 Å². The number of Topliss-reactive ketones (excluding diaryl/α,β-unsaturated/α-hetero) is 1.